The first-order chi connectivity index (χ1) is 9.52. The largest absolute Gasteiger partial charge is 0.481 e. The lowest BCUT2D eigenvalue weighted by Gasteiger charge is -2.36. The van der Waals surface area contributed by atoms with Crippen LogP contribution in [0.4, 0.5) is 5.69 Å². The minimum Gasteiger partial charge on any atom is -0.481 e. The lowest BCUT2D eigenvalue weighted by molar-refractivity contribution is -0.139. The van der Waals surface area contributed by atoms with Crippen LogP contribution in [0.25, 0.3) is 0 Å². The number of amides is 1. The Labute approximate surface area is 116 Å². The molecule has 2 N–H and O–H groups in total. The predicted octanol–water partition coefficient (Wildman–Crippen LogP) is 0.646. The van der Waals surface area contributed by atoms with E-state index in [-0.39, 0.29) is 12.3 Å². The van der Waals surface area contributed by atoms with Crippen LogP contribution in [0.15, 0.2) is 18.2 Å². The Morgan fingerprint density at radius 2 is 2.35 bits per heavy atom. The van der Waals surface area contributed by atoms with Gasteiger partial charge in [0, 0.05) is 13.1 Å². The van der Waals surface area contributed by atoms with E-state index in [1.54, 1.807) is 11.0 Å². The Morgan fingerprint density at radius 3 is 3.00 bits per heavy atom. The molecule has 1 aromatic rings. The Bertz CT molecular complexity index is 592. The van der Waals surface area contributed by atoms with Crippen molar-refractivity contribution in [3.8, 4) is 6.07 Å². The van der Waals surface area contributed by atoms with E-state index in [0.29, 0.717) is 24.3 Å². The highest BCUT2D eigenvalue weighted by molar-refractivity contribution is 5.90. The van der Waals surface area contributed by atoms with Gasteiger partial charge in [-0.25, -0.2) is 0 Å². The number of rotatable bonds is 3. The van der Waals surface area contributed by atoms with E-state index in [2.05, 4.69) is 11.4 Å². The zero-order valence-electron chi connectivity index (χ0n) is 11.1. The number of carboxylic acid groups (broad SMARTS) is 1. The normalized spacial score (nSPS) is 18.3. The van der Waals surface area contributed by atoms with Crippen molar-refractivity contribution in [3.63, 3.8) is 0 Å². The van der Waals surface area contributed by atoms with Crippen LogP contribution < -0.4 is 10.2 Å². The SMILES string of the molecule is Cc1ccc(C#N)c(N2CCNC(=O)C2CC(=O)O)c1. The van der Waals surface area contributed by atoms with Crippen LogP contribution in [0.3, 0.4) is 0 Å². The molecule has 0 aromatic heterocycles. The number of carbonyl (C=O) groups excluding carboxylic acids is 1. The second-order valence-corrected chi connectivity index (χ2v) is 4.73. The van der Waals surface area contributed by atoms with Crippen LogP contribution in [0.5, 0.6) is 0 Å². The molecule has 1 aliphatic rings. The van der Waals surface area contributed by atoms with Crippen LogP contribution in [0, 0.1) is 18.3 Å². The molecule has 1 aliphatic heterocycles. The Kier molecular flexibility index (Phi) is 3.89. The van der Waals surface area contributed by atoms with E-state index in [1.807, 2.05) is 19.1 Å². The smallest absolute Gasteiger partial charge is 0.305 e. The first-order valence-corrected chi connectivity index (χ1v) is 6.30. The fourth-order valence-corrected chi connectivity index (χ4v) is 2.35. The van der Waals surface area contributed by atoms with Crippen molar-refractivity contribution >= 4 is 17.6 Å². The molecule has 1 unspecified atom stereocenters. The summed E-state index contributed by atoms with van der Waals surface area (Å²) in [6, 6.07) is 6.62. The zero-order valence-corrected chi connectivity index (χ0v) is 11.1. The molecule has 1 saturated heterocycles. The summed E-state index contributed by atoms with van der Waals surface area (Å²) >= 11 is 0. The molecule has 6 nitrogen and oxygen atoms in total. The summed E-state index contributed by atoms with van der Waals surface area (Å²) in [7, 11) is 0. The summed E-state index contributed by atoms with van der Waals surface area (Å²) in [5.74, 6) is -1.35. The highest BCUT2D eigenvalue weighted by Crippen LogP contribution is 2.26. The third kappa shape index (κ3) is 2.72. The summed E-state index contributed by atoms with van der Waals surface area (Å²) < 4.78 is 0. The standard InChI is InChI=1S/C14H15N3O3/c1-9-2-3-10(8-15)11(6-9)17-5-4-16-14(20)12(17)7-13(18)19/h2-3,6,12H,4-5,7H2,1H3,(H,16,20)(H,18,19). The molecule has 104 valence electrons. The van der Waals surface area contributed by atoms with E-state index in [1.165, 1.54) is 0 Å². The number of carboxylic acids is 1. The van der Waals surface area contributed by atoms with Gasteiger partial charge in [0.25, 0.3) is 0 Å². The first kappa shape index (κ1) is 13.9. The summed E-state index contributed by atoms with van der Waals surface area (Å²) in [5, 5.41) is 20.8. The van der Waals surface area contributed by atoms with Gasteiger partial charge < -0.3 is 15.3 Å². The molecule has 1 fully saturated rings. The number of piperazine rings is 1. The molecule has 1 amide bonds. The van der Waals surface area contributed by atoms with Gasteiger partial charge in [0.2, 0.25) is 5.91 Å². The maximum Gasteiger partial charge on any atom is 0.305 e. The number of anilines is 1. The molecular formula is C14H15N3O3. The fraction of sp³-hybridized carbons (Fsp3) is 0.357. The molecule has 1 atom stereocenters. The van der Waals surface area contributed by atoms with Gasteiger partial charge in [0.1, 0.15) is 12.1 Å². The zero-order chi connectivity index (χ0) is 14.7. The molecule has 1 heterocycles. The van der Waals surface area contributed by atoms with Gasteiger partial charge in [-0.3, -0.25) is 9.59 Å². The summed E-state index contributed by atoms with van der Waals surface area (Å²) in [4.78, 5) is 24.5. The fourth-order valence-electron chi connectivity index (χ4n) is 2.35. The monoisotopic (exact) mass is 273 g/mol. The molecule has 0 bridgehead atoms. The second kappa shape index (κ2) is 5.61. The number of aryl methyl sites for hydroxylation is 1. The van der Waals surface area contributed by atoms with Gasteiger partial charge in [0.05, 0.1) is 17.7 Å². The molecule has 20 heavy (non-hydrogen) atoms. The summed E-state index contributed by atoms with van der Waals surface area (Å²) in [6.45, 7) is 2.82. The van der Waals surface area contributed by atoms with Gasteiger partial charge in [-0.05, 0) is 24.6 Å². The number of aliphatic carboxylic acids is 1. The van der Waals surface area contributed by atoms with E-state index >= 15 is 0 Å². The number of nitrogens with zero attached hydrogens (tertiary/aromatic N) is 2. The molecule has 2 rings (SSSR count). The topological polar surface area (TPSA) is 93.4 Å². The predicted molar refractivity (Wildman–Crippen MR) is 72.3 cm³/mol. The second-order valence-electron chi connectivity index (χ2n) is 4.73. The van der Waals surface area contributed by atoms with Gasteiger partial charge in [0.15, 0.2) is 0 Å². The maximum absolute atomic E-state index is 11.9. The number of carbonyl (C=O) groups is 2. The molecule has 0 saturated carbocycles. The van der Waals surface area contributed by atoms with Crippen molar-refractivity contribution in [2.24, 2.45) is 0 Å². The summed E-state index contributed by atoms with van der Waals surface area (Å²) in [6.07, 6.45) is -0.287. The van der Waals surface area contributed by atoms with Crippen LogP contribution in [-0.2, 0) is 9.59 Å². The van der Waals surface area contributed by atoms with Gasteiger partial charge in [-0.15, -0.1) is 0 Å². The van der Waals surface area contributed by atoms with E-state index in [0.717, 1.165) is 5.56 Å². The van der Waals surface area contributed by atoms with Crippen LogP contribution in [-0.4, -0.2) is 36.1 Å². The van der Waals surface area contributed by atoms with Crippen LogP contribution in [0.1, 0.15) is 17.5 Å². The van der Waals surface area contributed by atoms with Crippen molar-refractivity contribution in [1.82, 2.24) is 5.32 Å². The van der Waals surface area contributed by atoms with Crippen molar-refractivity contribution in [2.45, 2.75) is 19.4 Å². The first-order valence-electron chi connectivity index (χ1n) is 6.30. The number of hydrogen-bond donors (Lipinski definition) is 2. The van der Waals surface area contributed by atoms with Crippen molar-refractivity contribution in [2.75, 3.05) is 18.0 Å². The van der Waals surface area contributed by atoms with Crippen LogP contribution in [0.2, 0.25) is 0 Å². The molecule has 0 spiro atoms. The van der Waals surface area contributed by atoms with Crippen molar-refractivity contribution in [3.05, 3.63) is 29.3 Å². The minimum atomic E-state index is -1.04. The molecule has 0 aliphatic carbocycles. The highest BCUT2D eigenvalue weighted by atomic mass is 16.4. The average Bonchev–Trinajstić information content (AvgIpc) is 2.40. The van der Waals surface area contributed by atoms with Crippen molar-refractivity contribution < 1.29 is 14.7 Å². The molecule has 6 heteroatoms. The number of hydrogen-bond acceptors (Lipinski definition) is 4. The maximum atomic E-state index is 11.9. The van der Waals surface area contributed by atoms with Gasteiger partial charge >= 0.3 is 5.97 Å². The average molecular weight is 273 g/mol. The van der Waals surface area contributed by atoms with Gasteiger partial charge in [-0.2, -0.15) is 5.26 Å². The Balaban J connectivity index is 2.42. The Morgan fingerprint density at radius 1 is 1.60 bits per heavy atom. The molecule has 0 radical (unpaired) electrons. The third-order valence-electron chi connectivity index (χ3n) is 3.28. The third-order valence-corrected chi connectivity index (χ3v) is 3.28. The quantitative estimate of drug-likeness (QED) is 0.843. The minimum absolute atomic E-state index is 0.287. The Hall–Kier alpha value is -2.55. The van der Waals surface area contributed by atoms with Gasteiger partial charge in [-0.1, -0.05) is 6.07 Å². The van der Waals surface area contributed by atoms with E-state index in [4.69, 9.17) is 5.11 Å². The summed E-state index contributed by atoms with van der Waals surface area (Å²) in [5.41, 5.74) is 2.02. The molecular weight excluding hydrogens is 258 g/mol. The van der Waals surface area contributed by atoms with Crippen molar-refractivity contribution in [1.29, 1.82) is 5.26 Å². The highest BCUT2D eigenvalue weighted by Gasteiger charge is 2.32. The lowest BCUT2D eigenvalue weighted by Crippen LogP contribution is -2.56. The van der Waals surface area contributed by atoms with E-state index in [9.17, 15) is 14.9 Å². The number of benzene rings is 1. The lowest BCUT2D eigenvalue weighted by atomic mass is 10.0. The van der Waals surface area contributed by atoms with E-state index < -0.39 is 12.0 Å². The molecule has 1 aromatic carbocycles. The number of nitriles is 1. The number of nitrogens with one attached hydrogen (secondary N) is 1. The van der Waals surface area contributed by atoms with Crippen LogP contribution >= 0.6 is 0 Å².